The molecule has 1 amide bonds. The van der Waals surface area contributed by atoms with Gasteiger partial charge >= 0.3 is 0 Å². The lowest BCUT2D eigenvalue weighted by molar-refractivity contribution is -0.133. The third-order valence-electron chi connectivity index (χ3n) is 4.56. The summed E-state index contributed by atoms with van der Waals surface area (Å²) in [6.07, 6.45) is 0. The summed E-state index contributed by atoms with van der Waals surface area (Å²) in [6.45, 7) is 6.66. The monoisotopic (exact) mass is 412 g/mol. The van der Waals surface area contributed by atoms with Crippen LogP contribution in [-0.4, -0.2) is 36.9 Å². The second-order valence-corrected chi connectivity index (χ2v) is 8.74. The maximum absolute atomic E-state index is 13.2. The number of nitrogens with zero attached hydrogens (tertiary/aromatic N) is 4. The van der Waals surface area contributed by atoms with E-state index >= 15 is 0 Å². The number of rotatable bonds is 6. The van der Waals surface area contributed by atoms with Gasteiger partial charge in [-0.1, -0.05) is 42.1 Å². The van der Waals surface area contributed by atoms with E-state index in [-0.39, 0.29) is 23.0 Å². The van der Waals surface area contributed by atoms with Gasteiger partial charge < -0.3 is 9.47 Å². The Kier molecular flexibility index (Phi) is 6.37. The summed E-state index contributed by atoms with van der Waals surface area (Å²) in [6, 6.07) is 16.1. The van der Waals surface area contributed by atoms with Crippen molar-refractivity contribution in [2.75, 3.05) is 5.75 Å². The number of thioether (sulfide) groups is 1. The highest BCUT2D eigenvalue weighted by atomic mass is 32.2. The van der Waals surface area contributed by atoms with Crippen LogP contribution in [0.15, 0.2) is 59.8 Å². The number of benzene rings is 2. The minimum Gasteiger partial charge on any atom is -0.333 e. The summed E-state index contributed by atoms with van der Waals surface area (Å²) in [5, 5.41) is 9.05. The van der Waals surface area contributed by atoms with Gasteiger partial charge in [-0.2, -0.15) is 0 Å². The van der Waals surface area contributed by atoms with E-state index in [1.807, 2.05) is 67.6 Å². The second-order valence-electron chi connectivity index (χ2n) is 7.80. The summed E-state index contributed by atoms with van der Waals surface area (Å²) in [5.41, 5.74) is 1.57. The Hall–Kier alpha value is -2.67. The van der Waals surface area contributed by atoms with Crippen LogP contribution in [-0.2, 0) is 18.4 Å². The smallest absolute Gasteiger partial charge is 0.233 e. The molecule has 29 heavy (non-hydrogen) atoms. The number of carbonyl (C=O) groups excluding carboxylic acids is 1. The van der Waals surface area contributed by atoms with E-state index in [2.05, 4.69) is 10.2 Å². The van der Waals surface area contributed by atoms with Crippen LogP contribution >= 0.6 is 11.8 Å². The van der Waals surface area contributed by atoms with Crippen molar-refractivity contribution in [3.63, 3.8) is 0 Å². The quantitative estimate of drug-likeness (QED) is 0.558. The number of hydrogen-bond donors (Lipinski definition) is 0. The predicted molar refractivity (Wildman–Crippen MR) is 114 cm³/mol. The van der Waals surface area contributed by atoms with E-state index in [4.69, 9.17) is 0 Å². The molecule has 0 atom stereocenters. The Morgan fingerprint density at radius 2 is 1.72 bits per heavy atom. The zero-order valence-corrected chi connectivity index (χ0v) is 17.9. The van der Waals surface area contributed by atoms with Crippen LogP contribution in [0.3, 0.4) is 0 Å². The molecule has 0 aliphatic heterocycles. The van der Waals surface area contributed by atoms with Crippen molar-refractivity contribution in [1.29, 1.82) is 0 Å². The zero-order chi connectivity index (χ0) is 21.0. The molecule has 0 saturated carbocycles. The first kappa shape index (κ1) is 21.0. The van der Waals surface area contributed by atoms with E-state index in [0.29, 0.717) is 17.5 Å². The van der Waals surface area contributed by atoms with Gasteiger partial charge in [0.05, 0.1) is 5.75 Å². The van der Waals surface area contributed by atoms with Crippen molar-refractivity contribution >= 4 is 17.7 Å². The van der Waals surface area contributed by atoms with Crippen LogP contribution in [0.5, 0.6) is 0 Å². The zero-order valence-electron chi connectivity index (χ0n) is 17.1. The van der Waals surface area contributed by atoms with Crippen molar-refractivity contribution < 1.29 is 9.18 Å². The van der Waals surface area contributed by atoms with Crippen molar-refractivity contribution in [3.05, 3.63) is 66.0 Å². The molecule has 0 spiro atoms. The Morgan fingerprint density at radius 3 is 2.34 bits per heavy atom. The maximum Gasteiger partial charge on any atom is 0.233 e. The molecule has 0 saturated heterocycles. The van der Waals surface area contributed by atoms with Crippen LogP contribution in [0.2, 0.25) is 0 Å². The average molecular weight is 413 g/mol. The lowest BCUT2D eigenvalue weighted by Crippen LogP contribution is -2.45. The van der Waals surface area contributed by atoms with Gasteiger partial charge in [0.1, 0.15) is 5.82 Å². The van der Waals surface area contributed by atoms with E-state index in [1.165, 1.54) is 23.9 Å². The largest absolute Gasteiger partial charge is 0.333 e. The van der Waals surface area contributed by atoms with E-state index in [0.717, 1.165) is 11.1 Å². The summed E-state index contributed by atoms with van der Waals surface area (Å²) >= 11 is 1.35. The topological polar surface area (TPSA) is 51.0 Å². The highest BCUT2D eigenvalue weighted by molar-refractivity contribution is 7.99. The van der Waals surface area contributed by atoms with Gasteiger partial charge in [0.15, 0.2) is 11.0 Å². The molecule has 0 fully saturated rings. The van der Waals surface area contributed by atoms with Gasteiger partial charge in [-0.3, -0.25) is 4.79 Å². The van der Waals surface area contributed by atoms with Gasteiger partial charge in [0.25, 0.3) is 0 Å². The molecule has 1 aromatic heterocycles. The van der Waals surface area contributed by atoms with Crippen LogP contribution < -0.4 is 0 Å². The first-order valence-electron chi connectivity index (χ1n) is 9.38. The van der Waals surface area contributed by atoms with Gasteiger partial charge in [0.2, 0.25) is 5.91 Å². The molecule has 1 heterocycles. The molecular weight excluding hydrogens is 387 g/mol. The molecule has 5 nitrogen and oxygen atoms in total. The highest BCUT2D eigenvalue weighted by Gasteiger charge is 2.27. The fraction of sp³-hybridized carbons (Fsp3) is 0.318. The minimum absolute atomic E-state index is 0.0395. The second kappa shape index (κ2) is 8.78. The van der Waals surface area contributed by atoms with Crippen LogP contribution in [0, 0.1) is 5.82 Å². The Morgan fingerprint density at radius 1 is 1.07 bits per heavy atom. The molecule has 152 valence electrons. The van der Waals surface area contributed by atoms with Gasteiger partial charge in [-0.05, 0) is 50.6 Å². The lowest BCUT2D eigenvalue weighted by atomic mass is 10.0. The highest BCUT2D eigenvalue weighted by Crippen LogP contribution is 2.25. The van der Waals surface area contributed by atoms with Crippen molar-refractivity contribution in [3.8, 4) is 11.4 Å². The summed E-state index contributed by atoms with van der Waals surface area (Å²) in [4.78, 5) is 14.9. The van der Waals surface area contributed by atoms with Gasteiger partial charge in [-0.15, -0.1) is 10.2 Å². The number of halogens is 1. The fourth-order valence-corrected chi connectivity index (χ4v) is 3.75. The predicted octanol–water partition coefficient (Wildman–Crippen LogP) is 4.54. The molecule has 7 heteroatoms. The molecule has 0 unspecified atom stereocenters. The number of aromatic nitrogens is 3. The lowest BCUT2D eigenvalue weighted by Gasteiger charge is -2.36. The Balaban J connectivity index is 1.71. The first-order chi connectivity index (χ1) is 13.8. The molecule has 3 aromatic rings. The van der Waals surface area contributed by atoms with Crippen molar-refractivity contribution in [2.24, 2.45) is 7.05 Å². The van der Waals surface area contributed by atoms with Gasteiger partial charge in [-0.25, -0.2) is 4.39 Å². The van der Waals surface area contributed by atoms with E-state index < -0.39 is 0 Å². The fourth-order valence-electron chi connectivity index (χ4n) is 2.96. The van der Waals surface area contributed by atoms with Crippen molar-refractivity contribution in [2.45, 2.75) is 38.0 Å². The number of hydrogen-bond acceptors (Lipinski definition) is 4. The van der Waals surface area contributed by atoms with Crippen LogP contribution in [0.4, 0.5) is 4.39 Å². The molecule has 0 N–H and O–H groups in total. The standard InChI is InChI=1S/C22H25FN4OS/c1-22(2,3)27(14-16-8-6-5-7-9-16)19(28)15-29-21-25-24-20(26(21)4)17-10-12-18(23)13-11-17/h5-13H,14-15H2,1-4H3. The molecular formula is C22H25FN4OS. The summed E-state index contributed by atoms with van der Waals surface area (Å²) in [5.74, 6) is 0.644. The maximum atomic E-state index is 13.2. The Bertz CT molecular complexity index is 965. The molecule has 0 aliphatic rings. The molecule has 0 bridgehead atoms. The molecule has 3 rings (SSSR count). The van der Waals surface area contributed by atoms with E-state index in [1.54, 1.807) is 12.1 Å². The first-order valence-corrected chi connectivity index (χ1v) is 10.4. The Labute approximate surface area is 175 Å². The minimum atomic E-state index is -0.299. The SMILES string of the molecule is Cn1c(SCC(=O)N(Cc2ccccc2)C(C)(C)C)nnc1-c1ccc(F)cc1. The molecule has 0 radical (unpaired) electrons. The van der Waals surface area contributed by atoms with E-state index in [9.17, 15) is 9.18 Å². The summed E-state index contributed by atoms with van der Waals surface area (Å²) in [7, 11) is 1.84. The average Bonchev–Trinajstić information content (AvgIpc) is 3.05. The number of carbonyl (C=O) groups is 1. The number of amides is 1. The van der Waals surface area contributed by atoms with Crippen LogP contribution in [0.1, 0.15) is 26.3 Å². The third-order valence-corrected chi connectivity index (χ3v) is 5.56. The third kappa shape index (κ3) is 5.23. The van der Waals surface area contributed by atoms with Gasteiger partial charge in [0, 0.05) is 24.7 Å². The van der Waals surface area contributed by atoms with Crippen molar-refractivity contribution in [1.82, 2.24) is 19.7 Å². The molecule has 2 aromatic carbocycles. The summed E-state index contributed by atoms with van der Waals surface area (Å²) < 4.78 is 15.0. The van der Waals surface area contributed by atoms with Crippen LogP contribution in [0.25, 0.3) is 11.4 Å². The normalized spacial score (nSPS) is 11.5. The molecule has 0 aliphatic carbocycles.